The number of methoxy groups -OCH3 is 1. The van der Waals surface area contributed by atoms with Crippen LogP contribution in [0.25, 0.3) is 0 Å². The minimum atomic E-state index is -0.178. The lowest BCUT2D eigenvalue weighted by atomic mass is 9.82. The molecular weight excluding hydrogens is 254 g/mol. The second kappa shape index (κ2) is 5.73. The van der Waals surface area contributed by atoms with Gasteiger partial charge in [0.2, 0.25) is 5.91 Å². The van der Waals surface area contributed by atoms with Crippen LogP contribution in [-0.4, -0.2) is 25.2 Å². The molecule has 1 aromatic carbocycles. The Bertz CT molecular complexity index is 496. The topological polar surface area (TPSA) is 47.6 Å². The van der Waals surface area contributed by atoms with Crippen LogP contribution in [0.3, 0.4) is 0 Å². The molecule has 0 spiro atoms. The Morgan fingerprint density at radius 1 is 1.50 bits per heavy atom. The number of carbonyl (C=O) groups excluding carboxylic acids is 1. The van der Waals surface area contributed by atoms with E-state index in [1.165, 1.54) is 5.56 Å². The van der Waals surface area contributed by atoms with E-state index in [0.29, 0.717) is 12.5 Å². The monoisotopic (exact) mass is 277 g/mol. The van der Waals surface area contributed by atoms with E-state index < -0.39 is 0 Å². The minimum absolute atomic E-state index is 0.0159. The molecule has 2 rings (SSSR count). The molecule has 1 heterocycles. The van der Waals surface area contributed by atoms with Gasteiger partial charge in [0.05, 0.1) is 7.11 Å². The van der Waals surface area contributed by atoms with E-state index in [-0.39, 0.29) is 11.5 Å². The Hall–Kier alpha value is -1.71. The summed E-state index contributed by atoms with van der Waals surface area (Å²) in [6.07, 6.45) is 1.85. The van der Waals surface area contributed by atoms with Crippen LogP contribution in [0.4, 0.5) is 0 Å². The van der Waals surface area contributed by atoms with Gasteiger partial charge in [-0.2, -0.15) is 0 Å². The molecule has 1 N–H and O–H groups in total. The van der Waals surface area contributed by atoms with Gasteiger partial charge >= 0.3 is 0 Å². The lowest BCUT2D eigenvalue weighted by Crippen LogP contribution is -2.36. The maximum Gasteiger partial charge on any atom is 0.216 e. The third kappa shape index (κ3) is 3.44. The molecule has 4 nitrogen and oxygen atoms in total. The number of hydrogen-bond acceptors (Lipinski definition) is 3. The van der Waals surface area contributed by atoms with Gasteiger partial charge in [-0.25, -0.2) is 0 Å². The normalized spacial score (nSPS) is 19.7. The lowest BCUT2D eigenvalue weighted by Gasteiger charge is -2.38. The average Bonchev–Trinajstić information content (AvgIpc) is 2.36. The SMILES string of the molecule is COc1ccc2c(c1)[C@@H](CCNC(C)=O)CC(C)(C)O2. The highest BCUT2D eigenvalue weighted by Gasteiger charge is 2.33. The number of amides is 1. The van der Waals surface area contributed by atoms with Crippen molar-refractivity contribution in [3.63, 3.8) is 0 Å². The first kappa shape index (κ1) is 14.7. The van der Waals surface area contributed by atoms with Crippen molar-refractivity contribution in [2.75, 3.05) is 13.7 Å². The highest BCUT2D eigenvalue weighted by molar-refractivity contribution is 5.72. The maximum absolute atomic E-state index is 11.0. The van der Waals surface area contributed by atoms with E-state index in [4.69, 9.17) is 9.47 Å². The van der Waals surface area contributed by atoms with Crippen LogP contribution in [0.2, 0.25) is 0 Å². The molecule has 1 aromatic rings. The van der Waals surface area contributed by atoms with Crippen molar-refractivity contribution >= 4 is 5.91 Å². The van der Waals surface area contributed by atoms with Crippen LogP contribution in [0.5, 0.6) is 11.5 Å². The summed E-state index contributed by atoms with van der Waals surface area (Å²) in [5, 5.41) is 2.87. The fraction of sp³-hybridized carbons (Fsp3) is 0.562. The minimum Gasteiger partial charge on any atom is -0.497 e. The van der Waals surface area contributed by atoms with Crippen LogP contribution >= 0.6 is 0 Å². The molecule has 110 valence electrons. The van der Waals surface area contributed by atoms with Crippen molar-refractivity contribution in [2.45, 2.75) is 45.1 Å². The number of hydrogen-bond donors (Lipinski definition) is 1. The van der Waals surface area contributed by atoms with Gasteiger partial charge in [-0.3, -0.25) is 4.79 Å². The molecule has 0 fully saturated rings. The van der Waals surface area contributed by atoms with Crippen molar-refractivity contribution < 1.29 is 14.3 Å². The average molecular weight is 277 g/mol. The van der Waals surface area contributed by atoms with Gasteiger partial charge in [-0.1, -0.05) is 0 Å². The summed E-state index contributed by atoms with van der Waals surface area (Å²) in [5.74, 6) is 2.16. The van der Waals surface area contributed by atoms with Crippen molar-refractivity contribution in [3.05, 3.63) is 23.8 Å². The highest BCUT2D eigenvalue weighted by Crippen LogP contribution is 2.43. The quantitative estimate of drug-likeness (QED) is 0.920. The first-order chi connectivity index (χ1) is 9.41. The smallest absolute Gasteiger partial charge is 0.216 e. The molecule has 0 radical (unpaired) electrons. The summed E-state index contributed by atoms with van der Waals surface area (Å²) in [4.78, 5) is 11.0. The number of rotatable bonds is 4. The van der Waals surface area contributed by atoms with Crippen LogP contribution < -0.4 is 14.8 Å². The van der Waals surface area contributed by atoms with E-state index in [0.717, 1.165) is 24.3 Å². The van der Waals surface area contributed by atoms with E-state index in [1.807, 2.05) is 18.2 Å². The second-order valence-electron chi connectivity index (χ2n) is 5.94. The molecule has 20 heavy (non-hydrogen) atoms. The Kier molecular flexibility index (Phi) is 4.21. The van der Waals surface area contributed by atoms with Gasteiger partial charge in [0.25, 0.3) is 0 Å². The van der Waals surface area contributed by atoms with E-state index >= 15 is 0 Å². The Morgan fingerprint density at radius 3 is 2.90 bits per heavy atom. The standard InChI is InChI=1S/C16H23NO3/c1-11(18)17-8-7-12-10-16(2,3)20-15-6-5-13(19-4)9-14(12)15/h5-6,9,12H,7-8,10H2,1-4H3,(H,17,18)/t12-/m0/s1. The summed E-state index contributed by atoms with van der Waals surface area (Å²) in [7, 11) is 1.67. The molecule has 1 aliphatic heterocycles. The Balaban J connectivity index is 2.20. The van der Waals surface area contributed by atoms with Gasteiger partial charge < -0.3 is 14.8 Å². The van der Waals surface area contributed by atoms with Crippen LogP contribution in [0.1, 0.15) is 45.1 Å². The van der Waals surface area contributed by atoms with Crippen molar-refractivity contribution in [1.29, 1.82) is 0 Å². The van der Waals surface area contributed by atoms with Crippen LogP contribution in [0.15, 0.2) is 18.2 Å². The molecule has 1 atom stereocenters. The van der Waals surface area contributed by atoms with Crippen LogP contribution in [-0.2, 0) is 4.79 Å². The summed E-state index contributed by atoms with van der Waals surface area (Å²) in [5.41, 5.74) is 0.997. The molecule has 0 unspecified atom stereocenters. The third-order valence-electron chi connectivity index (χ3n) is 3.65. The number of ether oxygens (including phenoxy) is 2. The van der Waals surface area contributed by atoms with E-state index in [2.05, 4.69) is 19.2 Å². The lowest BCUT2D eigenvalue weighted by molar-refractivity contribution is -0.118. The van der Waals surface area contributed by atoms with Gasteiger partial charge in [-0.15, -0.1) is 0 Å². The molecule has 0 saturated carbocycles. The summed E-state index contributed by atoms with van der Waals surface area (Å²) < 4.78 is 11.3. The maximum atomic E-state index is 11.0. The van der Waals surface area contributed by atoms with Gasteiger partial charge in [0, 0.05) is 19.0 Å². The molecule has 0 aliphatic carbocycles. The zero-order chi connectivity index (χ0) is 14.8. The Morgan fingerprint density at radius 2 is 2.25 bits per heavy atom. The van der Waals surface area contributed by atoms with Crippen molar-refractivity contribution in [2.24, 2.45) is 0 Å². The van der Waals surface area contributed by atoms with E-state index in [1.54, 1.807) is 14.0 Å². The summed E-state index contributed by atoms with van der Waals surface area (Å²) in [6.45, 7) is 6.44. The second-order valence-corrected chi connectivity index (χ2v) is 5.94. The third-order valence-corrected chi connectivity index (χ3v) is 3.65. The Labute approximate surface area is 120 Å². The van der Waals surface area contributed by atoms with E-state index in [9.17, 15) is 4.79 Å². The predicted molar refractivity (Wildman–Crippen MR) is 78.4 cm³/mol. The van der Waals surface area contributed by atoms with Crippen molar-refractivity contribution in [1.82, 2.24) is 5.32 Å². The first-order valence-electron chi connectivity index (χ1n) is 7.03. The number of carbonyl (C=O) groups is 1. The number of benzene rings is 1. The molecule has 0 aromatic heterocycles. The molecule has 1 aliphatic rings. The summed E-state index contributed by atoms with van der Waals surface area (Å²) in [6, 6.07) is 5.94. The molecule has 0 saturated heterocycles. The molecule has 0 bridgehead atoms. The predicted octanol–water partition coefficient (Wildman–Crippen LogP) is 2.87. The zero-order valence-electron chi connectivity index (χ0n) is 12.7. The summed E-state index contributed by atoms with van der Waals surface area (Å²) >= 11 is 0. The molecule has 1 amide bonds. The van der Waals surface area contributed by atoms with Gasteiger partial charge in [0.1, 0.15) is 17.1 Å². The zero-order valence-corrected chi connectivity index (χ0v) is 12.7. The largest absolute Gasteiger partial charge is 0.497 e. The fourth-order valence-corrected chi connectivity index (χ4v) is 2.79. The first-order valence-corrected chi connectivity index (χ1v) is 7.03. The number of nitrogens with one attached hydrogen (secondary N) is 1. The highest BCUT2D eigenvalue weighted by atomic mass is 16.5. The number of fused-ring (bicyclic) bond motifs is 1. The van der Waals surface area contributed by atoms with Crippen LogP contribution in [0, 0.1) is 0 Å². The van der Waals surface area contributed by atoms with Gasteiger partial charge in [0.15, 0.2) is 0 Å². The van der Waals surface area contributed by atoms with Crippen molar-refractivity contribution in [3.8, 4) is 11.5 Å². The molecule has 4 heteroatoms. The fourth-order valence-electron chi connectivity index (χ4n) is 2.79. The molecular formula is C16H23NO3. The van der Waals surface area contributed by atoms with Gasteiger partial charge in [-0.05, 0) is 50.8 Å².